The van der Waals surface area contributed by atoms with Gasteiger partial charge in [0.1, 0.15) is 12.0 Å². The van der Waals surface area contributed by atoms with Crippen LogP contribution in [0.3, 0.4) is 0 Å². The van der Waals surface area contributed by atoms with Crippen LogP contribution >= 0.6 is 0 Å². The largest absolute Gasteiger partial charge is 0.393 e. The fourth-order valence-corrected chi connectivity index (χ4v) is 3.35. The van der Waals surface area contributed by atoms with Gasteiger partial charge in [0.2, 0.25) is 0 Å². The third-order valence-electron chi connectivity index (χ3n) is 4.24. The van der Waals surface area contributed by atoms with Gasteiger partial charge < -0.3 is 15.5 Å². The zero-order valence-corrected chi connectivity index (χ0v) is 15.7. The van der Waals surface area contributed by atoms with E-state index in [1.54, 1.807) is 6.33 Å². The Morgan fingerprint density at radius 3 is 2.12 bits per heavy atom. The number of nitrogens with zero attached hydrogens (tertiary/aromatic N) is 4. The van der Waals surface area contributed by atoms with Crippen molar-refractivity contribution in [2.24, 2.45) is 0 Å². The molecule has 0 radical (unpaired) electrons. The summed E-state index contributed by atoms with van der Waals surface area (Å²) in [6, 6.07) is 4.40. The molecule has 0 bridgehead atoms. The number of hydrogen-bond acceptors (Lipinski definition) is 5. The Bertz CT molecular complexity index is 688. The second kappa shape index (κ2) is 7.51. The molecule has 5 heteroatoms. The first-order valence-corrected chi connectivity index (χ1v) is 8.57. The predicted molar refractivity (Wildman–Crippen MR) is 103 cm³/mol. The van der Waals surface area contributed by atoms with Gasteiger partial charge in [-0.05, 0) is 45.2 Å². The molecule has 0 saturated carbocycles. The minimum absolute atomic E-state index is 0.634. The normalized spacial score (nSPS) is 10.8. The maximum absolute atomic E-state index is 6.45. The number of hydrogen-bond donors (Lipinski definition) is 1. The third-order valence-corrected chi connectivity index (χ3v) is 4.24. The Labute approximate surface area is 145 Å². The lowest BCUT2D eigenvalue weighted by Gasteiger charge is -2.29. The molecule has 2 rings (SSSR count). The predicted octanol–water partition coefficient (Wildman–Crippen LogP) is 3.99. The summed E-state index contributed by atoms with van der Waals surface area (Å²) in [6.07, 6.45) is 2.65. The quantitative estimate of drug-likeness (QED) is 0.869. The molecule has 5 nitrogen and oxygen atoms in total. The van der Waals surface area contributed by atoms with E-state index in [4.69, 9.17) is 5.73 Å². The zero-order chi connectivity index (χ0) is 17.9. The Balaban J connectivity index is 2.55. The molecule has 24 heavy (non-hydrogen) atoms. The van der Waals surface area contributed by atoms with Crippen LogP contribution in [0.5, 0.6) is 0 Å². The van der Waals surface area contributed by atoms with Crippen LogP contribution < -0.4 is 15.5 Å². The van der Waals surface area contributed by atoms with Crippen molar-refractivity contribution in [1.29, 1.82) is 0 Å². The minimum atomic E-state index is 0.634. The lowest BCUT2D eigenvalue weighted by Crippen LogP contribution is -2.25. The van der Waals surface area contributed by atoms with Gasteiger partial charge in [0.25, 0.3) is 0 Å². The van der Waals surface area contributed by atoms with Crippen molar-refractivity contribution in [3.8, 4) is 0 Å². The second-order valence-electron chi connectivity index (χ2n) is 6.35. The van der Waals surface area contributed by atoms with Crippen LogP contribution in [0.25, 0.3) is 0 Å². The van der Waals surface area contributed by atoms with Crippen LogP contribution in [0.4, 0.5) is 23.0 Å². The molecule has 130 valence electrons. The van der Waals surface area contributed by atoms with Crippen LogP contribution in [-0.2, 0) is 0 Å². The standard InChI is InChI=1S/C19H29N5/c1-7-9-23(6)18-16(20)19(22-12-21-18)24(8-2)17-14(4)10-13(3)11-15(17)5/h10-12H,7-9,20H2,1-6H3. The fraction of sp³-hybridized carbons (Fsp3) is 0.474. The highest BCUT2D eigenvalue weighted by atomic mass is 15.2. The lowest BCUT2D eigenvalue weighted by atomic mass is 10.0. The average molecular weight is 327 g/mol. The van der Waals surface area contributed by atoms with Gasteiger partial charge >= 0.3 is 0 Å². The molecule has 2 N–H and O–H groups in total. The van der Waals surface area contributed by atoms with E-state index >= 15 is 0 Å². The van der Waals surface area contributed by atoms with Gasteiger partial charge in [0.05, 0.1) is 0 Å². The van der Waals surface area contributed by atoms with Crippen molar-refractivity contribution in [1.82, 2.24) is 9.97 Å². The van der Waals surface area contributed by atoms with Crippen LogP contribution in [0.1, 0.15) is 37.0 Å². The number of aryl methyl sites for hydroxylation is 3. The van der Waals surface area contributed by atoms with Gasteiger partial charge in [-0.25, -0.2) is 9.97 Å². The number of rotatable bonds is 6. The Kier molecular flexibility index (Phi) is 5.65. The van der Waals surface area contributed by atoms with E-state index in [0.717, 1.165) is 31.1 Å². The van der Waals surface area contributed by atoms with E-state index in [0.29, 0.717) is 5.69 Å². The number of benzene rings is 1. The molecule has 0 unspecified atom stereocenters. The van der Waals surface area contributed by atoms with Gasteiger partial charge in [-0.3, -0.25) is 0 Å². The number of nitrogen functional groups attached to an aromatic ring is 1. The van der Waals surface area contributed by atoms with E-state index < -0.39 is 0 Å². The van der Waals surface area contributed by atoms with E-state index in [-0.39, 0.29) is 0 Å². The van der Waals surface area contributed by atoms with E-state index in [1.165, 1.54) is 22.4 Å². The van der Waals surface area contributed by atoms with Crippen molar-refractivity contribution in [3.63, 3.8) is 0 Å². The summed E-state index contributed by atoms with van der Waals surface area (Å²) in [5, 5.41) is 0. The third kappa shape index (κ3) is 3.45. The summed E-state index contributed by atoms with van der Waals surface area (Å²) in [7, 11) is 2.02. The van der Waals surface area contributed by atoms with Crippen LogP contribution in [0, 0.1) is 20.8 Å². The molecule has 1 aromatic heterocycles. The lowest BCUT2D eigenvalue weighted by molar-refractivity contribution is 0.834. The van der Waals surface area contributed by atoms with Crippen LogP contribution in [0.15, 0.2) is 18.5 Å². The molecule has 0 fully saturated rings. The van der Waals surface area contributed by atoms with E-state index in [9.17, 15) is 0 Å². The summed E-state index contributed by atoms with van der Waals surface area (Å²) < 4.78 is 0. The molecule has 1 aromatic carbocycles. The molecule has 0 aliphatic rings. The summed E-state index contributed by atoms with van der Waals surface area (Å²) >= 11 is 0. The smallest absolute Gasteiger partial charge is 0.161 e. The van der Waals surface area contributed by atoms with Crippen molar-refractivity contribution < 1.29 is 0 Å². The van der Waals surface area contributed by atoms with Crippen molar-refractivity contribution in [3.05, 3.63) is 35.2 Å². The SMILES string of the molecule is CCCN(C)c1ncnc(N(CC)c2c(C)cc(C)cc2C)c1N. The second-order valence-corrected chi connectivity index (χ2v) is 6.35. The molecule has 0 spiro atoms. The van der Waals surface area contributed by atoms with Gasteiger partial charge in [0.15, 0.2) is 11.6 Å². The average Bonchev–Trinajstić information content (AvgIpc) is 2.51. The summed E-state index contributed by atoms with van der Waals surface area (Å²) in [4.78, 5) is 13.2. The van der Waals surface area contributed by atoms with Crippen LogP contribution in [0.2, 0.25) is 0 Å². The number of nitrogens with two attached hydrogens (primary N) is 1. The highest BCUT2D eigenvalue weighted by Gasteiger charge is 2.20. The van der Waals surface area contributed by atoms with E-state index in [1.807, 2.05) is 7.05 Å². The van der Waals surface area contributed by atoms with Crippen LogP contribution in [-0.4, -0.2) is 30.1 Å². The Hall–Kier alpha value is -2.30. The maximum atomic E-state index is 6.45. The Morgan fingerprint density at radius 2 is 1.58 bits per heavy atom. The van der Waals surface area contributed by atoms with Crippen molar-refractivity contribution >= 4 is 23.0 Å². The zero-order valence-electron chi connectivity index (χ0n) is 15.7. The molecule has 2 aromatic rings. The highest BCUT2D eigenvalue weighted by Crippen LogP contribution is 2.36. The van der Waals surface area contributed by atoms with Crippen molar-refractivity contribution in [2.75, 3.05) is 35.7 Å². The van der Waals surface area contributed by atoms with Gasteiger partial charge in [-0.2, -0.15) is 0 Å². The highest BCUT2D eigenvalue weighted by molar-refractivity contribution is 5.81. The maximum Gasteiger partial charge on any atom is 0.161 e. The molecule has 0 saturated heterocycles. The molecule has 0 aliphatic heterocycles. The summed E-state index contributed by atoms with van der Waals surface area (Å²) in [6.45, 7) is 12.4. The first-order valence-electron chi connectivity index (χ1n) is 8.57. The number of aromatic nitrogens is 2. The fourth-order valence-electron chi connectivity index (χ4n) is 3.35. The van der Waals surface area contributed by atoms with Crippen molar-refractivity contribution in [2.45, 2.75) is 41.0 Å². The first-order chi connectivity index (χ1) is 11.4. The molecular formula is C19H29N5. The summed E-state index contributed by atoms with van der Waals surface area (Å²) in [5.41, 5.74) is 12.0. The van der Waals surface area contributed by atoms with Gasteiger partial charge in [-0.15, -0.1) is 0 Å². The van der Waals surface area contributed by atoms with Gasteiger partial charge in [-0.1, -0.05) is 24.6 Å². The molecule has 0 amide bonds. The monoisotopic (exact) mass is 327 g/mol. The van der Waals surface area contributed by atoms with E-state index in [2.05, 4.69) is 66.5 Å². The topological polar surface area (TPSA) is 58.3 Å². The molecule has 0 atom stereocenters. The minimum Gasteiger partial charge on any atom is -0.393 e. The first kappa shape index (κ1) is 18.0. The number of anilines is 4. The molecule has 0 aliphatic carbocycles. The summed E-state index contributed by atoms with van der Waals surface area (Å²) in [5.74, 6) is 1.57. The molecular weight excluding hydrogens is 298 g/mol. The van der Waals surface area contributed by atoms with Gasteiger partial charge in [0, 0.05) is 25.8 Å². The Morgan fingerprint density at radius 1 is 1.00 bits per heavy atom. The molecule has 1 heterocycles.